The standard InChI is InChI=1S/C25H32O4S/c1-5-6-7-16(2)25(4,23(28)29)22-20-13-12-19(27)14-21(20)30-15-24(22,3)17-8-10-18(26)11-9-17/h8-14,16,22,26-27H,5-7,15H2,1-4H3,(H,28,29). The molecule has 1 heterocycles. The van der Waals surface area contributed by atoms with Gasteiger partial charge in [-0.25, -0.2) is 0 Å². The van der Waals surface area contributed by atoms with E-state index >= 15 is 0 Å². The smallest absolute Gasteiger partial charge is 0.310 e. The number of hydrogen-bond acceptors (Lipinski definition) is 4. The Morgan fingerprint density at radius 3 is 2.43 bits per heavy atom. The molecule has 4 nitrogen and oxygen atoms in total. The van der Waals surface area contributed by atoms with Crippen LogP contribution in [0.5, 0.6) is 11.5 Å². The number of carboxylic acids is 1. The first-order chi connectivity index (χ1) is 14.1. The van der Waals surface area contributed by atoms with Gasteiger partial charge in [0.15, 0.2) is 0 Å². The number of thioether (sulfide) groups is 1. The van der Waals surface area contributed by atoms with Crippen LogP contribution < -0.4 is 0 Å². The average Bonchev–Trinajstić information content (AvgIpc) is 2.71. The van der Waals surface area contributed by atoms with Crippen molar-refractivity contribution in [3.63, 3.8) is 0 Å². The lowest BCUT2D eigenvalue weighted by molar-refractivity contribution is -0.154. The average molecular weight is 429 g/mol. The van der Waals surface area contributed by atoms with E-state index in [1.165, 1.54) is 0 Å². The van der Waals surface area contributed by atoms with Gasteiger partial charge < -0.3 is 15.3 Å². The molecule has 4 atom stereocenters. The van der Waals surface area contributed by atoms with E-state index in [9.17, 15) is 20.1 Å². The lowest BCUT2D eigenvalue weighted by Crippen LogP contribution is -2.51. The molecule has 0 fully saturated rings. The summed E-state index contributed by atoms with van der Waals surface area (Å²) in [4.78, 5) is 13.8. The Labute approximate surface area is 183 Å². The number of aromatic hydroxyl groups is 2. The summed E-state index contributed by atoms with van der Waals surface area (Å²) in [5.41, 5.74) is 0.560. The number of carbonyl (C=O) groups is 1. The van der Waals surface area contributed by atoms with E-state index in [-0.39, 0.29) is 23.3 Å². The minimum atomic E-state index is -0.992. The number of carboxylic acid groups (broad SMARTS) is 1. The van der Waals surface area contributed by atoms with Gasteiger partial charge in [0, 0.05) is 22.0 Å². The van der Waals surface area contributed by atoms with Gasteiger partial charge in [-0.05, 0) is 54.7 Å². The van der Waals surface area contributed by atoms with Crippen molar-refractivity contribution in [1.29, 1.82) is 0 Å². The van der Waals surface area contributed by atoms with E-state index < -0.39 is 16.8 Å². The first kappa shape index (κ1) is 22.5. The molecule has 0 amide bonds. The van der Waals surface area contributed by atoms with Crippen molar-refractivity contribution >= 4 is 17.7 Å². The van der Waals surface area contributed by atoms with Gasteiger partial charge in [0.2, 0.25) is 0 Å². The third-order valence-electron chi connectivity index (χ3n) is 7.07. The highest BCUT2D eigenvalue weighted by molar-refractivity contribution is 7.99. The topological polar surface area (TPSA) is 77.8 Å². The predicted molar refractivity (Wildman–Crippen MR) is 121 cm³/mol. The molecule has 0 bridgehead atoms. The zero-order chi connectivity index (χ0) is 22.1. The molecule has 4 unspecified atom stereocenters. The first-order valence-corrected chi connectivity index (χ1v) is 11.6. The number of benzene rings is 2. The SMILES string of the molecule is CCCCC(C)C(C)(C(=O)O)C1c2ccc(O)cc2SCC1(C)c1ccc(O)cc1. The third kappa shape index (κ3) is 3.80. The van der Waals surface area contributed by atoms with Crippen LogP contribution in [0.3, 0.4) is 0 Å². The van der Waals surface area contributed by atoms with E-state index in [1.807, 2.05) is 25.1 Å². The van der Waals surface area contributed by atoms with Crippen LogP contribution in [0.4, 0.5) is 0 Å². The molecule has 3 rings (SSSR count). The highest BCUT2D eigenvalue weighted by Gasteiger charge is 2.56. The highest BCUT2D eigenvalue weighted by Crippen LogP contribution is 2.60. The van der Waals surface area contributed by atoms with E-state index in [0.29, 0.717) is 5.75 Å². The number of unbranched alkanes of at least 4 members (excludes halogenated alkanes) is 1. The second-order valence-electron chi connectivity index (χ2n) is 9.04. The summed E-state index contributed by atoms with van der Waals surface area (Å²) in [5.74, 6) is 0.000592. The third-order valence-corrected chi connectivity index (χ3v) is 8.48. The van der Waals surface area contributed by atoms with Crippen molar-refractivity contribution < 1.29 is 20.1 Å². The van der Waals surface area contributed by atoms with Crippen molar-refractivity contribution in [2.75, 3.05) is 5.75 Å². The fourth-order valence-electron chi connectivity index (χ4n) is 5.05. The molecule has 162 valence electrons. The largest absolute Gasteiger partial charge is 0.508 e. The molecular formula is C25H32O4S. The molecule has 0 aliphatic carbocycles. The summed E-state index contributed by atoms with van der Waals surface area (Å²) in [6, 6.07) is 12.5. The minimum absolute atomic E-state index is 0.0267. The van der Waals surface area contributed by atoms with Gasteiger partial charge >= 0.3 is 5.97 Å². The molecule has 0 radical (unpaired) electrons. The normalized spacial score (nSPS) is 23.9. The summed E-state index contributed by atoms with van der Waals surface area (Å²) < 4.78 is 0. The number of phenolic OH excluding ortho intramolecular Hbond substituents is 2. The zero-order valence-corrected chi connectivity index (χ0v) is 19.0. The molecule has 0 saturated heterocycles. The number of rotatable bonds is 7. The molecule has 2 aromatic rings. The molecule has 0 spiro atoms. The molecule has 2 aromatic carbocycles. The summed E-state index contributed by atoms with van der Waals surface area (Å²) >= 11 is 1.65. The van der Waals surface area contributed by atoms with Crippen molar-refractivity contribution in [2.24, 2.45) is 11.3 Å². The lowest BCUT2D eigenvalue weighted by atomic mass is 9.54. The first-order valence-electron chi connectivity index (χ1n) is 10.6. The van der Waals surface area contributed by atoms with E-state index in [1.54, 1.807) is 36.0 Å². The molecule has 1 aliphatic rings. The fourth-order valence-corrected chi connectivity index (χ4v) is 6.39. The van der Waals surface area contributed by atoms with E-state index in [4.69, 9.17) is 0 Å². The van der Waals surface area contributed by atoms with Gasteiger partial charge in [0.1, 0.15) is 11.5 Å². The quantitative estimate of drug-likeness (QED) is 0.492. The summed E-state index contributed by atoms with van der Waals surface area (Å²) in [5, 5.41) is 30.4. The maximum absolute atomic E-state index is 12.9. The van der Waals surface area contributed by atoms with Crippen LogP contribution in [0, 0.1) is 11.3 Å². The van der Waals surface area contributed by atoms with Crippen LogP contribution in [-0.4, -0.2) is 27.0 Å². The van der Waals surface area contributed by atoms with Crippen LogP contribution in [0.25, 0.3) is 0 Å². The number of aliphatic carboxylic acids is 1. The Morgan fingerprint density at radius 2 is 1.83 bits per heavy atom. The Bertz CT molecular complexity index is 910. The minimum Gasteiger partial charge on any atom is -0.508 e. The van der Waals surface area contributed by atoms with Crippen LogP contribution in [-0.2, 0) is 10.2 Å². The van der Waals surface area contributed by atoms with Crippen molar-refractivity contribution in [2.45, 2.75) is 63.2 Å². The highest BCUT2D eigenvalue weighted by atomic mass is 32.2. The lowest BCUT2D eigenvalue weighted by Gasteiger charge is -2.51. The van der Waals surface area contributed by atoms with Crippen LogP contribution in [0.15, 0.2) is 47.4 Å². The maximum Gasteiger partial charge on any atom is 0.310 e. The fraction of sp³-hybridized carbons (Fsp3) is 0.480. The second-order valence-corrected chi connectivity index (χ2v) is 10.1. The van der Waals surface area contributed by atoms with Crippen LogP contribution >= 0.6 is 11.8 Å². The van der Waals surface area contributed by atoms with Gasteiger partial charge in [-0.3, -0.25) is 4.79 Å². The summed E-state index contributed by atoms with van der Waals surface area (Å²) in [6.45, 7) is 8.22. The molecule has 0 aromatic heterocycles. The van der Waals surface area contributed by atoms with Gasteiger partial charge in [-0.15, -0.1) is 11.8 Å². The Morgan fingerprint density at radius 1 is 1.20 bits per heavy atom. The molecular weight excluding hydrogens is 396 g/mol. The van der Waals surface area contributed by atoms with Gasteiger partial charge in [0.05, 0.1) is 5.41 Å². The van der Waals surface area contributed by atoms with Crippen molar-refractivity contribution in [3.05, 3.63) is 53.6 Å². The Hall–Kier alpha value is -2.14. The Balaban J connectivity index is 2.24. The Kier molecular flexibility index (Phi) is 6.42. The number of hydrogen-bond donors (Lipinski definition) is 3. The number of fused-ring (bicyclic) bond motifs is 1. The molecule has 5 heteroatoms. The van der Waals surface area contributed by atoms with E-state index in [0.717, 1.165) is 35.3 Å². The molecule has 1 aliphatic heterocycles. The van der Waals surface area contributed by atoms with Crippen LogP contribution in [0.2, 0.25) is 0 Å². The summed E-state index contributed by atoms with van der Waals surface area (Å²) in [6.07, 6.45) is 2.87. The maximum atomic E-state index is 12.9. The molecule has 30 heavy (non-hydrogen) atoms. The van der Waals surface area contributed by atoms with Crippen molar-refractivity contribution in [1.82, 2.24) is 0 Å². The zero-order valence-electron chi connectivity index (χ0n) is 18.2. The van der Waals surface area contributed by atoms with E-state index in [2.05, 4.69) is 20.8 Å². The monoisotopic (exact) mass is 428 g/mol. The van der Waals surface area contributed by atoms with Crippen LogP contribution in [0.1, 0.15) is 64.0 Å². The van der Waals surface area contributed by atoms with Gasteiger partial charge in [-0.1, -0.05) is 51.8 Å². The predicted octanol–water partition coefficient (Wildman–Crippen LogP) is 6.16. The molecule has 3 N–H and O–H groups in total. The number of phenols is 2. The van der Waals surface area contributed by atoms with Gasteiger partial charge in [-0.2, -0.15) is 0 Å². The van der Waals surface area contributed by atoms with Crippen molar-refractivity contribution in [3.8, 4) is 11.5 Å². The molecule has 0 saturated carbocycles. The summed E-state index contributed by atoms with van der Waals surface area (Å²) in [7, 11) is 0. The second kappa shape index (κ2) is 8.54. The van der Waals surface area contributed by atoms with Gasteiger partial charge in [0.25, 0.3) is 0 Å².